The number of ether oxygens (including phenoxy) is 5. The highest BCUT2D eigenvalue weighted by Crippen LogP contribution is 2.18. The smallest absolute Gasteiger partial charge is 0.408 e. The fraction of sp³-hybridized carbons (Fsp3) is 0.907. The van der Waals surface area contributed by atoms with Crippen molar-refractivity contribution in [3.05, 3.63) is 0 Å². The summed E-state index contributed by atoms with van der Waals surface area (Å²) in [5.74, 6) is -1.79. The van der Waals surface area contributed by atoms with Crippen LogP contribution in [-0.4, -0.2) is 89.6 Å². The van der Waals surface area contributed by atoms with Crippen molar-refractivity contribution in [2.24, 2.45) is 0 Å². The number of alkyl carbamates (subject to hydrolysis) is 1. The van der Waals surface area contributed by atoms with Gasteiger partial charge in [-0.15, -0.1) is 0 Å². The van der Waals surface area contributed by atoms with Crippen molar-refractivity contribution in [2.45, 2.75) is 291 Å². The predicted molar refractivity (Wildman–Crippen MR) is 275 cm³/mol. The molecule has 67 heavy (non-hydrogen) atoms. The van der Waals surface area contributed by atoms with Gasteiger partial charge in [0, 0.05) is 24.3 Å². The lowest BCUT2D eigenvalue weighted by Gasteiger charge is -2.29. The molecule has 13 heteroatoms. The van der Waals surface area contributed by atoms with E-state index < -0.39 is 53.0 Å². The van der Waals surface area contributed by atoms with Crippen LogP contribution in [0.25, 0.3) is 0 Å². The molecule has 394 valence electrons. The summed E-state index contributed by atoms with van der Waals surface area (Å²) in [4.78, 5) is 66.1. The quantitative estimate of drug-likeness (QED) is 0.0342. The van der Waals surface area contributed by atoms with Gasteiger partial charge in [-0.2, -0.15) is 11.8 Å². The molecular formula is C54H102N2O10S. The van der Waals surface area contributed by atoms with Gasteiger partial charge in [-0.05, 0) is 75.2 Å². The van der Waals surface area contributed by atoms with E-state index in [0.717, 1.165) is 44.9 Å². The van der Waals surface area contributed by atoms with Gasteiger partial charge in [0.15, 0.2) is 6.04 Å². The van der Waals surface area contributed by atoms with E-state index in [9.17, 15) is 24.0 Å². The molecule has 2 amide bonds. The summed E-state index contributed by atoms with van der Waals surface area (Å²) in [6, 6.07) is -2.31. The molecule has 0 aromatic carbocycles. The fourth-order valence-corrected chi connectivity index (χ4v) is 8.32. The van der Waals surface area contributed by atoms with Crippen molar-refractivity contribution < 1.29 is 47.7 Å². The van der Waals surface area contributed by atoms with Crippen molar-refractivity contribution in [3.63, 3.8) is 0 Å². The highest BCUT2D eigenvalue weighted by atomic mass is 32.2. The van der Waals surface area contributed by atoms with Crippen molar-refractivity contribution in [1.82, 2.24) is 10.6 Å². The van der Waals surface area contributed by atoms with Crippen LogP contribution in [0.3, 0.4) is 0 Å². The molecule has 0 aromatic heterocycles. The first-order valence-corrected chi connectivity index (χ1v) is 27.9. The molecule has 0 unspecified atom stereocenters. The average molecular weight is 971 g/mol. The number of hydrogen-bond donors (Lipinski definition) is 2. The molecule has 0 aliphatic heterocycles. The van der Waals surface area contributed by atoms with Crippen molar-refractivity contribution in [1.29, 1.82) is 0 Å². The molecule has 0 spiro atoms. The molecule has 0 radical (unpaired) electrons. The second-order valence-electron chi connectivity index (χ2n) is 21.5. The molecule has 12 nitrogen and oxygen atoms in total. The third kappa shape index (κ3) is 43.2. The fourth-order valence-electron chi connectivity index (χ4n) is 7.29. The van der Waals surface area contributed by atoms with Crippen LogP contribution < -0.4 is 10.6 Å². The Kier molecular flexibility index (Phi) is 37.7. The van der Waals surface area contributed by atoms with Gasteiger partial charge in [0.25, 0.3) is 0 Å². The Bertz CT molecular complexity index is 1290. The van der Waals surface area contributed by atoms with Crippen LogP contribution in [0.15, 0.2) is 0 Å². The topological polar surface area (TPSA) is 156 Å². The molecule has 0 aromatic rings. The number of amides is 2. The molecule has 3 atom stereocenters. The number of hydrogen-bond acceptors (Lipinski definition) is 11. The summed E-state index contributed by atoms with van der Waals surface area (Å²) in [5.41, 5.74) is -2.26. The first-order chi connectivity index (χ1) is 31.7. The van der Waals surface area contributed by atoms with Crippen LogP contribution in [0.1, 0.15) is 256 Å². The number of carbonyl (C=O) groups is 5. The maximum absolute atomic E-state index is 13.9. The van der Waals surface area contributed by atoms with E-state index in [2.05, 4.69) is 24.5 Å². The van der Waals surface area contributed by atoms with Gasteiger partial charge >= 0.3 is 24.0 Å². The Balaban J connectivity index is 5.50. The van der Waals surface area contributed by atoms with Crippen LogP contribution in [0.2, 0.25) is 0 Å². The Morgan fingerprint density at radius 3 is 1.25 bits per heavy atom. The average Bonchev–Trinajstić information content (AvgIpc) is 3.22. The summed E-state index contributed by atoms with van der Waals surface area (Å²) in [5, 5.41) is 5.37. The van der Waals surface area contributed by atoms with Crippen molar-refractivity contribution in [2.75, 3.05) is 24.7 Å². The van der Waals surface area contributed by atoms with E-state index in [1.165, 1.54) is 134 Å². The highest BCUT2D eigenvalue weighted by molar-refractivity contribution is 7.99. The lowest BCUT2D eigenvalue weighted by atomic mass is 10.0. The van der Waals surface area contributed by atoms with E-state index in [-0.39, 0.29) is 43.1 Å². The minimum Gasteiger partial charge on any atom is -0.462 e. The highest BCUT2D eigenvalue weighted by Gasteiger charge is 2.33. The maximum atomic E-state index is 13.9. The van der Waals surface area contributed by atoms with Crippen LogP contribution in [0.5, 0.6) is 0 Å². The molecule has 0 aliphatic rings. The number of carbonyl (C=O) groups excluding carboxylic acids is 5. The van der Waals surface area contributed by atoms with Gasteiger partial charge in [0.05, 0.1) is 12.2 Å². The summed E-state index contributed by atoms with van der Waals surface area (Å²) >= 11 is 1.25. The number of esters is 3. The first-order valence-electron chi connectivity index (χ1n) is 26.7. The lowest BCUT2D eigenvalue weighted by Crippen LogP contribution is -2.55. The largest absolute Gasteiger partial charge is 0.462 e. The molecule has 0 saturated carbocycles. The van der Waals surface area contributed by atoms with Crippen molar-refractivity contribution >= 4 is 41.7 Å². The third-order valence-corrected chi connectivity index (χ3v) is 12.2. The predicted octanol–water partition coefficient (Wildman–Crippen LogP) is 13.7. The second kappa shape index (κ2) is 39.2. The summed E-state index contributed by atoms with van der Waals surface area (Å²) in [7, 11) is 0. The number of rotatable bonds is 41. The molecule has 0 bridgehead atoms. The SMILES string of the molecule is CCCCCCCCCCCCCCCC(=O)OC[C@H](CSC[C@H](NC(=O)OC(C)(C)C)C(=O)N[C@@H](COC(C)(C)C)C(=O)OC(C)(C)C)OC(=O)CCCCCCCCCCCCCCC. The molecular weight excluding hydrogens is 869 g/mol. The number of nitrogens with one attached hydrogen (secondary N) is 2. The number of unbranched alkanes of at least 4 members (excludes halogenated alkanes) is 24. The van der Waals surface area contributed by atoms with Crippen molar-refractivity contribution in [3.8, 4) is 0 Å². The summed E-state index contributed by atoms with van der Waals surface area (Å²) in [6.07, 6.45) is 30.4. The second-order valence-corrected chi connectivity index (χ2v) is 22.6. The van der Waals surface area contributed by atoms with E-state index in [1.807, 2.05) is 20.8 Å². The Morgan fingerprint density at radius 1 is 0.448 bits per heavy atom. The van der Waals surface area contributed by atoms with Gasteiger partial charge in [-0.25, -0.2) is 9.59 Å². The minimum absolute atomic E-state index is 0.0338. The molecule has 2 N–H and O–H groups in total. The first kappa shape index (κ1) is 64.5. The van der Waals surface area contributed by atoms with E-state index >= 15 is 0 Å². The van der Waals surface area contributed by atoms with Crippen LogP contribution in [0, 0.1) is 0 Å². The Hall–Kier alpha value is -2.54. The normalized spacial score (nSPS) is 13.4. The minimum atomic E-state index is -1.16. The lowest BCUT2D eigenvalue weighted by molar-refractivity contribution is -0.162. The standard InChI is InChI=1S/C54H102N2O10S/c1-12-14-16-18-20-22-24-26-28-30-32-34-36-38-47(57)62-40-44(64-48(58)39-37-35-33-31-29-27-25-23-21-19-17-15-13-2)42-67-43-46(56-51(61)66-54(9,10)11)49(59)55-45(41-63-52(3,4)5)50(60)65-53(6,7)8/h44-46H,12-43H2,1-11H3,(H,55,59)(H,56,61)/t44-,45+,46+/m1/s1. The van der Waals surface area contributed by atoms with Gasteiger partial charge in [-0.1, -0.05) is 168 Å². The van der Waals surface area contributed by atoms with Gasteiger partial charge in [-0.3, -0.25) is 14.4 Å². The summed E-state index contributed by atoms with van der Waals surface area (Å²) < 4.78 is 28.5. The maximum Gasteiger partial charge on any atom is 0.408 e. The number of thioether (sulfide) groups is 1. The monoisotopic (exact) mass is 971 g/mol. The molecule has 0 heterocycles. The zero-order valence-corrected chi connectivity index (χ0v) is 45.7. The zero-order valence-electron chi connectivity index (χ0n) is 44.9. The molecule has 0 rings (SSSR count). The van der Waals surface area contributed by atoms with Gasteiger partial charge in [0.2, 0.25) is 5.91 Å². The summed E-state index contributed by atoms with van der Waals surface area (Å²) in [6.45, 7) is 20.1. The molecule has 0 aliphatic carbocycles. The van der Waals surface area contributed by atoms with Gasteiger partial charge < -0.3 is 34.3 Å². The van der Waals surface area contributed by atoms with E-state index in [4.69, 9.17) is 23.7 Å². The van der Waals surface area contributed by atoms with Crippen LogP contribution >= 0.6 is 11.8 Å². The zero-order chi connectivity index (χ0) is 50.4. The Morgan fingerprint density at radius 2 is 0.851 bits per heavy atom. The van der Waals surface area contributed by atoms with Gasteiger partial charge in [0.1, 0.15) is 30.0 Å². The Labute approximate surface area is 414 Å². The van der Waals surface area contributed by atoms with Crippen LogP contribution in [-0.2, 0) is 42.9 Å². The van der Waals surface area contributed by atoms with E-state index in [1.54, 1.807) is 41.5 Å². The van der Waals surface area contributed by atoms with E-state index in [0.29, 0.717) is 6.42 Å². The molecule has 0 fully saturated rings. The third-order valence-electron chi connectivity index (χ3n) is 11.0. The molecule has 0 saturated heterocycles. The van der Waals surface area contributed by atoms with Crippen LogP contribution in [0.4, 0.5) is 4.79 Å².